The number of aromatic nitrogens is 1. The Morgan fingerprint density at radius 3 is 2.74 bits per heavy atom. The Morgan fingerprint density at radius 1 is 1.23 bits per heavy atom. The Balaban J connectivity index is 1.55. The fraction of sp³-hybridized carbons (Fsp3) is 0.105. The van der Waals surface area contributed by atoms with E-state index in [9.17, 15) is 28.1 Å². The molecule has 0 fully saturated rings. The van der Waals surface area contributed by atoms with Crippen molar-refractivity contribution in [2.24, 2.45) is 5.10 Å². The van der Waals surface area contributed by atoms with Crippen molar-refractivity contribution < 1.29 is 22.9 Å². The molecule has 3 aromatic rings. The van der Waals surface area contributed by atoms with Crippen molar-refractivity contribution in [1.29, 1.82) is 0 Å². The van der Waals surface area contributed by atoms with Crippen molar-refractivity contribution in [3.05, 3.63) is 80.8 Å². The van der Waals surface area contributed by atoms with E-state index in [2.05, 4.69) is 20.8 Å². The maximum Gasteiger partial charge on any atom is 0.416 e. The van der Waals surface area contributed by atoms with Crippen molar-refractivity contribution in [3.63, 3.8) is 0 Å². The third kappa shape index (κ3) is 6.34. The highest BCUT2D eigenvalue weighted by atomic mass is 32.1. The molecule has 160 valence electrons. The molecular formula is C19H14F3N5O3S. The van der Waals surface area contributed by atoms with Crippen molar-refractivity contribution in [3.8, 4) is 0 Å². The summed E-state index contributed by atoms with van der Waals surface area (Å²) in [7, 11) is 0. The molecule has 0 spiro atoms. The molecule has 0 saturated heterocycles. The normalized spacial score (nSPS) is 11.5. The van der Waals surface area contributed by atoms with Gasteiger partial charge in [-0.25, -0.2) is 10.4 Å². The molecular weight excluding hydrogens is 435 g/mol. The number of anilines is 2. The molecule has 31 heavy (non-hydrogen) atoms. The molecule has 0 bridgehead atoms. The lowest BCUT2D eigenvalue weighted by atomic mass is 10.2. The second kappa shape index (κ2) is 9.34. The van der Waals surface area contributed by atoms with Crippen LogP contribution in [0.1, 0.15) is 16.8 Å². The molecule has 8 nitrogen and oxygen atoms in total. The van der Waals surface area contributed by atoms with Crippen LogP contribution in [-0.4, -0.2) is 22.0 Å². The number of amides is 1. The highest BCUT2D eigenvalue weighted by Crippen LogP contribution is 2.31. The summed E-state index contributed by atoms with van der Waals surface area (Å²) in [5, 5.41) is 19.2. The number of thiazole rings is 1. The third-order valence-corrected chi connectivity index (χ3v) is 4.63. The number of hydrogen-bond donors (Lipinski definition) is 2. The van der Waals surface area contributed by atoms with E-state index in [1.54, 1.807) is 11.4 Å². The Bertz CT molecular complexity index is 1130. The SMILES string of the molecule is O=C(Cc1csc(Nc2cccc(C(F)(F)F)c2)n1)N/N=C/c1cccc([N+](=O)[O-])c1. The van der Waals surface area contributed by atoms with E-state index in [0.29, 0.717) is 16.4 Å². The van der Waals surface area contributed by atoms with Gasteiger partial charge in [-0.15, -0.1) is 11.3 Å². The van der Waals surface area contributed by atoms with Crippen LogP contribution in [0.25, 0.3) is 0 Å². The first-order valence-electron chi connectivity index (χ1n) is 8.66. The summed E-state index contributed by atoms with van der Waals surface area (Å²) in [6.07, 6.45) is -3.28. The van der Waals surface area contributed by atoms with Gasteiger partial charge in [0, 0.05) is 28.8 Å². The van der Waals surface area contributed by atoms with Gasteiger partial charge in [-0.1, -0.05) is 18.2 Å². The van der Waals surface area contributed by atoms with Gasteiger partial charge in [-0.3, -0.25) is 14.9 Å². The molecule has 0 aliphatic heterocycles. The zero-order chi connectivity index (χ0) is 22.4. The van der Waals surface area contributed by atoms with Gasteiger partial charge in [0.1, 0.15) is 0 Å². The topological polar surface area (TPSA) is 110 Å². The Hall–Kier alpha value is -3.80. The van der Waals surface area contributed by atoms with Gasteiger partial charge in [0.25, 0.3) is 5.69 Å². The highest BCUT2D eigenvalue weighted by Gasteiger charge is 2.30. The largest absolute Gasteiger partial charge is 0.416 e. The Kier molecular flexibility index (Phi) is 6.60. The van der Waals surface area contributed by atoms with Gasteiger partial charge in [0.2, 0.25) is 5.91 Å². The van der Waals surface area contributed by atoms with E-state index in [1.165, 1.54) is 36.5 Å². The van der Waals surface area contributed by atoms with Gasteiger partial charge in [0.15, 0.2) is 5.13 Å². The summed E-state index contributed by atoms with van der Waals surface area (Å²) >= 11 is 1.14. The number of nitrogens with zero attached hydrogens (tertiary/aromatic N) is 3. The molecule has 0 saturated carbocycles. The molecule has 2 N–H and O–H groups in total. The Morgan fingerprint density at radius 2 is 2.00 bits per heavy atom. The summed E-state index contributed by atoms with van der Waals surface area (Å²) in [6, 6.07) is 10.4. The quantitative estimate of drug-likeness (QED) is 0.313. The maximum atomic E-state index is 12.8. The molecule has 0 radical (unpaired) electrons. The minimum Gasteiger partial charge on any atom is -0.332 e. The van der Waals surface area contributed by atoms with E-state index < -0.39 is 22.6 Å². The average Bonchev–Trinajstić information content (AvgIpc) is 3.14. The lowest BCUT2D eigenvalue weighted by molar-refractivity contribution is -0.384. The number of nitro groups is 1. The zero-order valence-electron chi connectivity index (χ0n) is 15.6. The standard InChI is InChI=1S/C19H14F3N5O3S/c20-19(21,22)13-4-2-5-14(8-13)24-18-25-15(11-31-18)9-17(28)26-23-10-12-3-1-6-16(7-12)27(29)30/h1-8,10-11H,9H2,(H,24,25)(H,26,28)/b23-10+. The van der Waals surface area contributed by atoms with Crippen LogP contribution < -0.4 is 10.7 Å². The maximum absolute atomic E-state index is 12.8. The van der Waals surface area contributed by atoms with Crippen molar-refractivity contribution in [1.82, 2.24) is 10.4 Å². The predicted octanol–water partition coefficient (Wildman–Crippen LogP) is 4.51. The van der Waals surface area contributed by atoms with Gasteiger partial charge in [-0.05, 0) is 18.2 Å². The first-order chi connectivity index (χ1) is 14.7. The molecule has 3 rings (SSSR count). The number of nitrogens with one attached hydrogen (secondary N) is 2. The first-order valence-corrected chi connectivity index (χ1v) is 9.54. The summed E-state index contributed by atoms with van der Waals surface area (Å²) in [4.78, 5) is 26.4. The lowest BCUT2D eigenvalue weighted by Crippen LogP contribution is -2.19. The van der Waals surface area contributed by atoms with E-state index in [0.717, 1.165) is 23.5 Å². The minimum atomic E-state index is -4.45. The smallest absolute Gasteiger partial charge is 0.332 e. The molecule has 0 aliphatic rings. The van der Waals surface area contributed by atoms with E-state index in [4.69, 9.17) is 0 Å². The van der Waals surface area contributed by atoms with Gasteiger partial charge in [-0.2, -0.15) is 18.3 Å². The number of nitro benzene ring substituents is 1. The molecule has 12 heteroatoms. The third-order valence-electron chi connectivity index (χ3n) is 3.82. The first kappa shape index (κ1) is 21.9. The number of carbonyl (C=O) groups is 1. The van der Waals surface area contributed by atoms with E-state index in [1.807, 2.05) is 0 Å². The molecule has 1 aromatic heterocycles. The van der Waals surface area contributed by atoms with Crippen molar-refractivity contribution in [2.45, 2.75) is 12.6 Å². The van der Waals surface area contributed by atoms with Crippen LogP contribution in [0.15, 0.2) is 59.0 Å². The van der Waals surface area contributed by atoms with Crippen molar-refractivity contribution >= 4 is 40.0 Å². The van der Waals surface area contributed by atoms with E-state index in [-0.39, 0.29) is 17.8 Å². The van der Waals surface area contributed by atoms with Crippen molar-refractivity contribution in [2.75, 3.05) is 5.32 Å². The van der Waals surface area contributed by atoms with Gasteiger partial charge in [0.05, 0.1) is 28.8 Å². The lowest BCUT2D eigenvalue weighted by Gasteiger charge is -2.08. The van der Waals surface area contributed by atoms with Crippen LogP contribution in [0, 0.1) is 10.1 Å². The minimum absolute atomic E-state index is 0.0986. The summed E-state index contributed by atoms with van der Waals surface area (Å²) in [5.74, 6) is -0.474. The van der Waals surface area contributed by atoms with Crippen LogP contribution in [0.5, 0.6) is 0 Å². The van der Waals surface area contributed by atoms with Crippen LogP contribution in [0.3, 0.4) is 0 Å². The number of halogens is 3. The fourth-order valence-electron chi connectivity index (χ4n) is 2.44. The molecule has 0 aliphatic carbocycles. The van der Waals surface area contributed by atoms with Crippen LogP contribution in [-0.2, 0) is 17.4 Å². The Labute approximate surface area is 177 Å². The number of alkyl halides is 3. The number of hydrogen-bond acceptors (Lipinski definition) is 7. The molecule has 2 aromatic carbocycles. The molecule has 1 amide bonds. The highest BCUT2D eigenvalue weighted by molar-refractivity contribution is 7.13. The molecule has 1 heterocycles. The number of benzene rings is 2. The monoisotopic (exact) mass is 449 g/mol. The molecule has 0 unspecified atom stereocenters. The summed E-state index contributed by atoms with van der Waals surface area (Å²) < 4.78 is 38.4. The number of carbonyl (C=O) groups excluding carboxylic acids is 1. The zero-order valence-corrected chi connectivity index (χ0v) is 16.4. The number of non-ortho nitro benzene ring substituents is 1. The van der Waals surface area contributed by atoms with Gasteiger partial charge < -0.3 is 5.32 Å². The predicted molar refractivity (Wildman–Crippen MR) is 109 cm³/mol. The summed E-state index contributed by atoms with van der Waals surface area (Å²) in [6.45, 7) is 0. The van der Waals surface area contributed by atoms with Crippen LogP contribution in [0.2, 0.25) is 0 Å². The number of rotatable bonds is 7. The van der Waals surface area contributed by atoms with E-state index >= 15 is 0 Å². The van der Waals surface area contributed by atoms with Crippen LogP contribution >= 0.6 is 11.3 Å². The summed E-state index contributed by atoms with van der Waals surface area (Å²) in [5.41, 5.74) is 2.48. The fourth-order valence-corrected chi connectivity index (χ4v) is 3.17. The second-order valence-electron chi connectivity index (χ2n) is 6.17. The average molecular weight is 449 g/mol. The van der Waals surface area contributed by atoms with Crippen LogP contribution in [0.4, 0.5) is 29.7 Å². The molecule has 0 atom stereocenters. The second-order valence-corrected chi connectivity index (χ2v) is 7.03. The number of hydrazone groups is 1. The van der Waals surface area contributed by atoms with Gasteiger partial charge >= 0.3 is 6.18 Å².